The van der Waals surface area contributed by atoms with Crippen LogP contribution in [0.1, 0.15) is 25.7 Å². The SMILES string of the molecule is Nc1ccc(S(=O)(=O)N2CCCCC2CCO)c(F)c1. The summed E-state index contributed by atoms with van der Waals surface area (Å²) in [5.74, 6) is -0.835. The van der Waals surface area contributed by atoms with Gasteiger partial charge in [0.1, 0.15) is 10.7 Å². The van der Waals surface area contributed by atoms with Crippen LogP contribution >= 0.6 is 0 Å². The number of hydrogen-bond donors (Lipinski definition) is 2. The maximum Gasteiger partial charge on any atom is 0.246 e. The molecule has 0 saturated carbocycles. The zero-order valence-corrected chi connectivity index (χ0v) is 11.9. The standard InChI is InChI=1S/C13H19FN2O3S/c14-12-9-10(15)4-5-13(12)20(18,19)16-7-2-1-3-11(16)6-8-17/h4-5,9,11,17H,1-3,6-8,15H2. The van der Waals surface area contributed by atoms with Crippen LogP contribution in [0.3, 0.4) is 0 Å². The molecule has 20 heavy (non-hydrogen) atoms. The summed E-state index contributed by atoms with van der Waals surface area (Å²) in [5, 5.41) is 9.05. The Morgan fingerprint density at radius 3 is 2.80 bits per heavy atom. The van der Waals surface area contributed by atoms with Crippen LogP contribution in [0, 0.1) is 5.82 Å². The van der Waals surface area contributed by atoms with E-state index in [4.69, 9.17) is 10.8 Å². The Balaban J connectivity index is 2.37. The number of benzene rings is 1. The van der Waals surface area contributed by atoms with E-state index in [0.717, 1.165) is 18.9 Å². The van der Waals surface area contributed by atoms with Crippen molar-refractivity contribution in [3.63, 3.8) is 0 Å². The molecule has 1 aliphatic heterocycles. The number of anilines is 1. The van der Waals surface area contributed by atoms with Crippen molar-refractivity contribution in [2.45, 2.75) is 36.6 Å². The number of aliphatic hydroxyl groups excluding tert-OH is 1. The van der Waals surface area contributed by atoms with Gasteiger partial charge in [0.2, 0.25) is 10.0 Å². The Morgan fingerprint density at radius 1 is 1.40 bits per heavy atom. The molecule has 0 bridgehead atoms. The normalized spacial score (nSPS) is 21.0. The van der Waals surface area contributed by atoms with Gasteiger partial charge in [-0.25, -0.2) is 12.8 Å². The second kappa shape index (κ2) is 6.07. The summed E-state index contributed by atoms with van der Waals surface area (Å²) < 4.78 is 40.3. The van der Waals surface area contributed by atoms with Gasteiger partial charge < -0.3 is 10.8 Å². The third kappa shape index (κ3) is 2.94. The second-order valence-electron chi connectivity index (χ2n) is 4.97. The number of nitrogen functional groups attached to an aromatic ring is 1. The zero-order chi connectivity index (χ0) is 14.8. The Kier molecular flexibility index (Phi) is 4.62. The first-order valence-electron chi connectivity index (χ1n) is 6.64. The summed E-state index contributed by atoms with van der Waals surface area (Å²) in [6, 6.07) is 3.32. The molecule has 5 nitrogen and oxygen atoms in total. The molecule has 0 amide bonds. The van der Waals surface area contributed by atoms with Gasteiger partial charge in [-0.15, -0.1) is 0 Å². The minimum absolute atomic E-state index is 0.0824. The average Bonchev–Trinajstić information content (AvgIpc) is 2.39. The molecular formula is C13H19FN2O3S. The molecule has 1 unspecified atom stereocenters. The molecule has 7 heteroatoms. The third-order valence-corrected chi connectivity index (χ3v) is 5.56. The molecule has 1 aromatic carbocycles. The summed E-state index contributed by atoms with van der Waals surface area (Å²) in [7, 11) is -3.89. The molecule has 2 rings (SSSR count). The smallest absolute Gasteiger partial charge is 0.246 e. The highest BCUT2D eigenvalue weighted by molar-refractivity contribution is 7.89. The number of sulfonamides is 1. The quantitative estimate of drug-likeness (QED) is 0.822. The molecule has 3 N–H and O–H groups in total. The largest absolute Gasteiger partial charge is 0.399 e. The number of aliphatic hydroxyl groups is 1. The maximum atomic E-state index is 13.9. The first-order valence-corrected chi connectivity index (χ1v) is 8.08. The minimum atomic E-state index is -3.89. The van der Waals surface area contributed by atoms with Gasteiger partial charge in [-0.2, -0.15) is 4.31 Å². The van der Waals surface area contributed by atoms with Gasteiger partial charge >= 0.3 is 0 Å². The molecule has 1 heterocycles. The van der Waals surface area contributed by atoms with Crippen LogP contribution in [-0.4, -0.2) is 37.0 Å². The van der Waals surface area contributed by atoms with Crippen LogP contribution in [0.5, 0.6) is 0 Å². The van der Waals surface area contributed by atoms with Crippen molar-refractivity contribution in [2.24, 2.45) is 0 Å². The Hall–Kier alpha value is -1.18. The van der Waals surface area contributed by atoms with Gasteiger partial charge in [0.05, 0.1) is 0 Å². The van der Waals surface area contributed by atoms with E-state index >= 15 is 0 Å². The van der Waals surface area contributed by atoms with Crippen LogP contribution in [0.15, 0.2) is 23.1 Å². The van der Waals surface area contributed by atoms with Crippen molar-refractivity contribution >= 4 is 15.7 Å². The Bertz CT molecular complexity index is 575. The number of hydrogen-bond acceptors (Lipinski definition) is 4. The minimum Gasteiger partial charge on any atom is -0.399 e. The topological polar surface area (TPSA) is 83.6 Å². The lowest BCUT2D eigenvalue weighted by molar-refractivity contribution is 0.192. The highest BCUT2D eigenvalue weighted by atomic mass is 32.2. The van der Waals surface area contributed by atoms with E-state index in [0.29, 0.717) is 19.4 Å². The number of halogens is 1. The van der Waals surface area contributed by atoms with E-state index < -0.39 is 15.8 Å². The number of rotatable bonds is 4. The fraction of sp³-hybridized carbons (Fsp3) is 0.538. The van der Waals surface area contributed by atoms with E-state index in [1.54, 1.807) is 0 Å². The molecule has 0 spiro atoms. The fourth-order valence-corrected chi connectivity index (χ4v) is 4.35. The lowest BCUT2D eigenvalue weighted by Gasteiger charge is -2.34. The molecule has 1 fully saturated rings. The van der Waals surface area contributed by atoms with Gasteiger partial charge in [0.15, 0.2) is 0 Å². The van der Waals surface area contributed by atoms with Gasteiger partial charge in [-0.05, 0) is 37.5 Å². The summed E-state index contributed by atoms with van der Waals surface area (Å²) in [4.78, 5) is -0.350. The summed E-state index contributed by atoms with van der Waals surface area (Å²) in [5.41, 5.74) is 5.63. The summed E-state index contributed by atoms with van der Waals surface area (Å²) in [6.07, 6.45) is 2.73. The predicted molar refractivity (Wildman–Crippen MR) is 74.0 cm³/mol. The van der Waals surface area contributed by atoms with Crippen molar-refractivity contribution < 1.29 is 17.9 Å². The predicted octanol–water partition coefficient (Wildman–Crippen LogP) is 1.33. The molecule has 1 aliphatic rings. The van der Waals surface area contributed by atoms with Crippen molar-refractivity contribution in [3.8, 4) is 0 Å². The van der Waals surface area contributed by atoms with E-state index in [1.807, 2.05) is 0 Å². The first-order chi connectivity index (χ1) is 9.46. The molecular weight excluding hydrogens is 283 g/mol. The summed E-state index contributed by atoms with van der Waals surface area (Å²) >= 11 is 0. The number of piperidine rings is 1. The Morgan fingerprint density at radius 2 is 2.15 bits per heavy atom. The highest BCUT2D eigenvalue weighted by Gasteiger charge is 2.34. The first kappa shape index (κ1) is 15.2. The fourth-order valence-electron chi connectivity index (χ4n) is 2.58. The number of nitrogens with two attached hydrogens (primary N) is 1. The van der Waals surface area contributed by atoms with Crippen molar-refractivity contribution in [1.29, 1.82) is 0 Å². The molecule has 0 aromatic heterocycles. The van der Waals surface area contributed by atoms with Gasteiger partial charge in [-0.1, -0.05) is 6.42 Å². The molecule has 0 aliphatic carbocycles. The lowest BCUT2D eigenvalue weighted by atomic mass is 10.0. The molecule has 1 atom stereocenters. The second-order valence-corrected chi connectivity index (χ2v) is 6.83. The van der Waals surface area contributed by atoms with Crippen LogP contribution < -0.4 is 5.73 Å². The third-order valence-electron chi connectivity index (χ3n) is 3.58. The van der Waals surface area contributed by atoms with Crippen molar-refractivity contribution in [3.05, 3.63) is 24.0 Å². The maximum absolute atomic E-state index is 13.9. The Labute approximate surface area is 118 Å². The van der Waals surface area contributed by atoms with E-state index in [2.05, 4.69) is 0 Å². The monoisotopic (exact) mass is 302 g/mol. The van der Waals surface area contributed by atoms with Crippen LogP contribution in [-0.2, 0) is 10.0 Å². The van der Waals surface area contributed by atoms with Crippen molar-refractivity contribution in [2.75, 3.05) is 18.9 Å². The van der Waals surface area contributed by atoms with Gasteiger partial charge in [0, 0.05) is 24.9 Å². The zero-order valence-electron chi connectivity index (χ0n) is 11.1. The lowest BCUT2D eigenvalue weighted by Crippen LogP contribution is -2.44. The molecule has 1 aromatic rings. The van der Waals surface area contributed by atoms with Gasteiger partial charge in [0.25, 0.3) is 0 Å². The van der Waals surface area contributed by atoms with Crippen LogP contribution in [0.4, 0.5) is 10.1 Å². The average molecular weight is 302 g/mol. The van der Waals surface area contributed by atoms with E-state index in [-0.39, 0.29) is 23.2 Å². The van der Waals surface area contributed by atoms with E-state index in [9.17, 15) is 12.8 Å². The number of nitrogens with zero attached hydrogens (tertiary/aromatic N) is 1. The summed E-state index contributed by atoms with van der Waals surface area (Å²) in [6.45, 7) is 0.276. The highest BCUT2D eigenvalue weighted by Crippen LogP contribution is 2.28. The van der Waals surface area contributed by atoms with E-state index in [1.165, 1.54) is 16.4 Å². The van der Waals surface area contributed by atoms with Gasteiger partial charge in [-0.3, -0.25) is 0 Å². The molecule has 0 radical (unpaired) electrons. The van der Waals surface area contributed by atoms with Crippen LogP contribution in [0.2, 0.25) is 0 Å². The molecule has 1 saturated heterocycles. The molecule has 112 valence electrons. The van der Waals surface area contributed by atoms with Crippen LogP contribution in [0.25, 0.3) is 0 Å². The van der Waals surface area contributed by atoms with Crippen molar-refractivity contribution in [1.82, 2.24) is 4.31 Å².